The molecule has 0 N–H and O–H groups in total. The zero-order valence-electron chi connectivity index (χ0n) is 33.6. The lowest BCUT2D eigenvalue weighted by atomic mass is 9.94. The van der Waals surface area contributed by atoms with Gasteiger partial charge in [-0.1, -0.05) is 164 Å². The summed E-state index contributed by atoms with van der Waals surface area (Å²) in [6.07, 6.45) is 0. The van der Waals surface area contributed by atoms with Crippen molar-refractivity contribution in [3.8, 4) is 67.5 Å². The van der Waals surface area contributed by atoms with Crippen LogP contribution >= 0.6 is 34.0 Å². The number of thiophene rings is 3. The van der Waals surface area contributed by atoms with Gasteiger partial charge in [0, 0.05) is 77.2 Å². The lowest BCUT2D eigenvalue weighted by Gasteiger charge is -2.13. The molecule has 0 fully saturated rings. The normalized spacial score (nSPS) is 11.8. The molecule has 6 heteroatoms. The van der Waals surface area contributed by atoms with E-state index in [0.29, 0.717) is 17.5 Å². The molecule has 13 aromatic rings. The Balaban J connectivity index is 1.01. The second-order valence-corrected chi connectivity index (χ2v) is 19.0. The van der Waals surface area contributed by atoms with Gasteiger partial charge in [-0.05, 0) is 69.8 Å². The maximum atomic E-state index is 5.33. The van der Waals surface area contributed by atoms with Crippen molar-refractivity contribution in [2.24, 2.45) is 0 Å². The highest BCUT2D eigenvalue weighted by Crippen LogP contribution is 2.45. The van der Waals surface area contributed by atoms with Crippen LogP contribution in [0.2, 0.25) is 0 Å². The zero-order valence-corrected chi connectivity index (χ0v) is 36.1. The number of nitrogens with zero attached hydrogens (tertiary/aromatic N) is 3. The van der Waals surface area contributed by atoms with Gasteiger partial charge < -0.3 is 0 Å². The lowest BCUT2D eigenvalue weighted by molar-refractivity contribution is 1.07. The number of fused-ring (bicyclic) bond motifs is 9. The molecule has 4 aromatic heterocycles. The molecule has 0 radical (unpaired) electrons. The first-order chi connectivity index (χ1) is 31.2. The number of hydrogen-bond acceptors (Lipinski definition) is 6. The molecule has 13 rings (SSSR count). The summed E-state index contributed by atoms with van der Waals surface area (Å²) in [6.45, 7) is 0. The predicted octanol–water partition coefficient (Wildman–Crippen LogP) is 17.0. The molecular weight excluding hydrogens is 823 g/mol. The Kier molecular flexibility index (Phi) is 8.44. The van der Waals surface area contributed by atoms with Crippen molar-refractivity contribution >= 4 is 94.5 Å². The average molecular weight is 856 g/mol. The Morgan fingerprint density at radius 3 is 1.03 bits per heavy atom. The third-order valence-corrected chi connectivity index (χ3v) is 15.8. The van der Waals surface area contributed by atoms with E-state index in [1.54, 1.807) is 0 Å². The standard InChI is InChI=1S/C57H33N3S3/c1-2-13-35(14-3-1)55-58-56(36-29-27-34(28-30-36)40-18-10-21-46-43-15-4-7-24-49(43)61-52(40)46)60-57(59-55)39-32-37(41-19-11-22-47-44-16-5-8-25-50(44)62-53(41)47)31-38(33-39)42-20-12-23-48-45-17-6-9-26-51(45)63-54(42)48/h1-33H. The summed E-state index contributed by atoms with van der Waals surface area (Å²) in [7, 11) is 0. The van der Waals surface area contributed by atoms with Crippen LogP contribution in [-0.2, 0) is 0 Å². The molecule has 4 heterocycles. The molecular formula is C57H33N3S3. The summed E-state index contributed by atoms with van der Waals surface area (Å²) in [5, 5.41) is 7.70. The van der Waals surface area contributed by atoms with Crippen molar-refractivity contribution < 1.29 is 0 Å². The van der Waals surface area contributed by atoms with E-state index in [1.165, 1.54) is 77.2 Å². The molecule has 0 aliphatic rings. The molecule has 0 spiro atoms. The van der Waals surface area contributed by atoms with Crippen molar-refractivity contribution in [1.82, 2.24) is 15.0 Å². The van der Waals surface area contributed by atoms with Gasteiger partial charge in [0.05, 0.1) is 0 Å². The molecule has 3 nitrogen and oxygen atoms in total. The summed E-state index contributed by atoms with van der Waals surface area (Å²) < 4.78 is 7.72. The van der Waals surface area contributed by atoms with E-state index in [-0.39, 0.29) is 0 Å². The van der Waals surface area contributed by atoms with Crippen LogP contribution in [0.3, 0.4) is 0 Å². The van der Waals surface area contributed by atoms with Gasteiger partial charge in [0.1, 0.15) is 0 Å². The highest BCUT2D eigenvalue weighted by molar-refractivity contribution is 7.27. The van der Waals surface area contributed by atoms with E-state index in [4.69, 9.17) is 15.0 Å². The SMILES string of the molecule is c1ccc(-c2nc(-c3ccc(-c4cccc5c4sc4ccccc45)cc3)nc(-c3cc(-c4cccc5c4sc4ccccc45)cc(-c4cccc5c4sc4ccccc45)c3)n2)cc1. The maximum Gasteiger partial charge on any atom is 0.164 e. The van der Waals surface area contributed by atoms with E-state index in [1.807, 2.05) is 52.2 Å². The Bertz CT molecular complexity index is 3780. The third-order valence-electron chi connectivity index (χ3n) is 12.1. The minimum absolute atomic E-state index is 0.633. The Labute approximate surface area is 374 Å². The fourth-order valence-corrected chi connectivity index (χ4v) is 12.9. The second-order valence-electron chi connectivity index (χ2n) is 15.9. The van der Waals surface area contributed by atoms with Crippen LogP contribution in [0.5, 0.6) is 0 Å². The second kappa shape index (κ2) is 14.6. The number of hydrogen-bond donors (Lipinski definition) is 0. The molecule has 0 saturated heterocycles. The van der Waals surface area contributed by atoms with Gasteiger partial charge in [-0.3, -0.25) is 0 Å². The summed E-state index contributed by atoms with van der Waals surface area (Å²) in [5.74, 6) is 1.91. The van der Waals surface area contributed by atoms with Crippen LogP contribution < -0.4 is 0 Å². The molecule has 9 aromatic carbocycles. The van der Waals surface area contributed by atoms with Gasteiger partial charge in [-0.2, -0.15) is 0 Å². The average Bonchev–Trinajstić information content (AvgIpc) is 4.06. The van der Waals surface area contributed by atoms with Crippen LogP contribution in [0.1, 0.15) is 0 Å². The molecule has 0 unspecified atom stereocenters. The molecule has 0 atom stereocenters. The van der Waals surface area contributed by atoms with Crippen molar-refractivity contribution in [2.45, 2.75) is 0 Å². The molecule has 294 valence electrons. The molecule has 0 amide bonds. The van der Waals surface area contributed by atoms with Crippen molar-refractivity contribution in [2.75, 3.05) is 0 Å². The minimum atomic E-state index is 0.633. The van der Waals surface area contributed by atoms with Crippen molar-refractivity contribution in [3.05, 3.63) is 200 Å². The number of rotatable bonds is 6. The Morgan fingerprint density at radius 1 is 0.238 bits per heavy atom. The van der Waals surface area contributed by atoms with Gasteiger partial charge in [0.2, 0.25) is 0 Å². The first kappa shape index (κ1) is 36.3. The summed E-state index contributed by atoms with van der Waals surface area (Å²) in [6, 6.07) is 72.0. The zero-order chi connectivity index (χ0) is 41.4. The maximum absolute atomic E-state index is 5.33. The quantitative estimate of drug-likeness (QED) is 0.167. The van der Waals surface area contributed by atoms with Crippen LogP contribution in [0.25, 0.3) is 128 Å². The topological polar surface area (TPSA) is 38.7 Å². The minimum Gasteiger partial charge on any atom is -0.208 e. The van der Waals surface area contributed by atoms with Gasteiger partial charge in [-0.15, -0.1) is 34.0 Å². The van der Waals surface area contributed by atoms with Crippen LogP contribution in [0, 0.1) is 0 Å². The number of aromatic nitrogens is 3. The molecule has 63 heavy (non-hydrogen) atoms. The lowest BCUT2D eigenvalue weighted by Crippen LogP contribution is -2.00. The van der Waals surface area contributed by atoms with Crippen molar-refractivity contribution in [1.29, 1.82) is 0 Å². The first-order valence-corrected chi connectivity index (χ1v) is 23.4. The summed E-state index contributed by atoms with van der Waals surface area (Å²) in [5.41, 5.74) is 9.85. The smallest absolute Gasteiger partial charge is 0.164 e. The monoisotopic (exact) mass is 855 g/mol. The van der Waals surface area contributed by atoms with Gasteiger partial charge in [-0.25, -0.2) is 15.0 Å². The van der Waals surface area contributed by atoms with Crippen LogP contribution in [-0.4, -0.2) is 15.0 Å². The van der Waals surface area contributed by atoms with E-state index in [2.05, 4.69) is 182 Å². The molecule has 0 aliphatic heterocycles. The van der Waals surface area contributed by atoms with Crippen molar-refractivity contribution in [3.63, 3.8) is 0 Å². The first-order valence-electron chi connectivity index (χ1n) is 21.0. The highest BCUT2D eigenvalue weighted by Gasteiger charge is 2.19. The highest BCUT2D eigenvalue weighted by atomic mass is 32.1. The predicted molar refractivity (Wildman–Crippen MR) is 271 cm³/mol. The van der Waals surface area contributed by atoms with Gasteiger partial charge in [0.15, 0.2) is 17.5 Å². The third kappa shape index (κ3) is 6.10. The van der Waals surface area contributed by atoms with E-state index in [9.17, 15) is 0 Å². The van der Waals surface area contributed by atoms with Gasteiger partial charge >= 0.3 is 0 Å². The molecule has 0 bridgehead atoms. The Morgan fingerprint density at radius 2 is 0.571 bits per heavy atom. The van der Waals surface area contributed by atoms with Gasteiger partial charge in [0.25, 0.3) is 0 Å². The molecule has 0 saturated carbocycles. The van der Waals surface area contributed by atoms with E-state index >= 15 is 0 Å². The number of benzene rings is 9. The summed E-state index contributed by atoms with van der Waals surface area (Å²) in [4.78, 5) is 15.8. The van der Waals surface area contributed by atoms with E-state index in [0.717, 1.165) is 33.4 Å². The fraction of sp³-hybridized carbons (Fsp3) is 0. The van der Waals surface area contributed by atoms with Crippen LogP contribution in [0.15, 0.2) is 200 Å². The van der Waals surface area contributed by atoms with E-state index < -0.39 is 0 Å². The fourth-order valence-electron chi connectivity index (χ4n) is 9.14. The Hall–Kier alpha value is -7.35. The summed E-state index contributed by atoms with van der Waals surface area (Å²) >= 11 is 5.56. The largest absolute Gasteiger partial charge is 0.208 e. The van der Waals surface area contributed by atoms with Crippen LogP contribution in [0.4, 0.5) is 0 Å². The molecule has 0 aliphatic carbocycles.